The first-order valence-electron chi connectivity index (χ1n) is 7.74. The van der Waals surface area contributed by atoms with E-state index in [1.54, 1.807) is 0 Å². The maximum atomic E-state index is 11.9. The molecule has 1 aliphatic heterocycles. The highest BCUT2D eigenvalue weighted by Crippen LogP contribution is 2.21. The first-order chi connectivity index (χ1) is 10.3. The molecule has 0 aromatic heterocycles. The third-order valence-electron chi connectivity index (χ3n) is 3.85. The predicted octanol–water partition coefficient (Wildman–Crippen LogP) is 3.10. The van der Waals surface area contributed by atoms with E-state index in [1.165, 1.54) is 24.3 Å². The largest absolute Gasteiger partial charge is 0.461 e. The minimum Gasteiger partial charge on any atom is -0.461 e. The number of rotatable bonds is 7. The number of esters is 1. The van der Waals surface area contributed by atoms with Crippen LogP contribution in [0.5, 0.6) is 0 Å². The number of hydrogen-bond donors (Lipinski definition) is 1. The number of nitrogens with one attached hydrogen (secondary N) is 1. The maximum Gasteiger partial charge on any atom is 0.310 e. The van der Waals surface area contributed by atoms with Crippen LogP contribution in [-0.4, -0.2) is 30.6 Å². The SMILES string of the molecule is CC(CNCC1CCSCC1)C(=O)OCc1ccccc1. The molecule has 1 aromatic rings. The highest BCUT2D eigenvalue weighted by molar-refractivity contribution is 7.99. The monoisotopic (exact) mass is 307 g/mol. The predicted molar refractivity (Wildman–Crippen MR) is 88.3 cm³/mol. The fourth-order valence-corrected chi connectivity index (χ4v) is 3.61. The Morgan fingerprint density at radius 1 is 1.33 bits per heavy atom. The number of carbonyl (C=O) groups is 1. The lowest BCUT2D eigenvalue weighted by molar-refractivity contribution is -0.149. The molecule has 1 atom stereocenters. The van der Waals surface area contributed by atoms with E-state index < -0.39 is 0 Å². The number of thioether (sulfide) groups is 1. The summed E-state index contributed by atoms with van der Waals surface area (Å²) < 4.78 is 5.35. The van der Waals surface area contributed by atoms with Crippen LogP contribution in [0, 0.1) is 11.8 Å². The fourth-order valence-electron chi connectivity index (χ4n) is 2.41. The third kappa shape index (κ3) is 6.10. The van der Waals surface area contributed by atoms with E-state index in [0.29, 0.717) is 13.2 Å². The van der Waals surface area contributed by atoms with Gasteiger partial charge in [0.25, 0.3) is 0 Å². The van der Waals surface area contributed by atoms with Crippen molar-refractivity contribution in [2.45, 2.75) is 26.4 Å². The Labute approximate surface area is 131 Å². The summed E-state index contributed by atoms with van der Waals surface area (Å²) in [6.07, 6.45) is 2.59. The van der Waals surface area contributed by atoms with Crippen LogP contribution in [0.15, 0.2) is 30.3 Å². The molecule has 3 nitrogen and oxygen atoms in total. The molecular weight excluding hydrogens is 282 g/mol. The van der Waals surface area contributed by atoms with Crippen molar-refractivity contribution in [2.75, 3.05) is 24.6 Å². The summed E-state index contributed by atoms with van der Waals surface area (Å²) >= 11 is 2.05. The van der Waals surface area contributed by atoms with Gasteiger partial charge >= 0.3 is 5.97 Å². The van der Waals surface area contributed by atoms with Crippen molar-refractivity contribution in [3.8, 4) is 0 Å². The summed E-state index contributed by atoms with van der Waals surface area (Å²) in [5.41, 5.74) is 1.03. The molecule has 0 spiro atoms. The highest BCUT2D eigenvalue weighted by Gasteiger charge is 2.17. The van der Waals surface area contributed by atoms with Gasteiger partial charge in [-0.1, -0.05) is 37.3 Å². The lowest BCUT2D eigenvalue weighted by Crippen LogP contribution is -2.32. The molecule has 1 unspecified atom stereocenters. The molecule has 0 saturated carbocycles. The van der Waals surface area contributed by atoms with Crippen LogP contribution in [-0.2, 0) is 16.1 Å². The van der Waals surface area contributed by atoms with Crippen LogP contribution in [0.1, 0.15) is 25.3 Å². The van der Waals surface area contributed by atoms with E-state index in [9.17, 15) is 4.79 Å². The Bertz CT molecular complexity index is 418. The molecule has 1 fully saturated rings. The van der Waals surface area contributed by atoms with Crippen LogP contribution >= 0.6 is 11.8 Å². The molecule has 1 aromatic carbocycles. The van der Waals surface area contributed by atoms with Gasteiger partial charge in [-0.3, -0.25) is 4.79 Å². The molecule has 0 amide bonds. The van der Waals surface area contributed by atoms with Gasteiger partial charge in [0.15, 0.2) is 0 Å². The molecule has 0 aliphatic carbocycles. The van der Waals surface area contributed by atoms with Gasteiger partial charge in [0, 0.05) is 6.54 Å². The first kappa shape index (κ1) is 16.4. The van der Waals surface area contributed by atoms with Crippen LogP contribution in [0.25, 0.3) is 0 Å². The van der Waals surface area contributed by atoms with E-state index in [1.807, 2.05) is 49.0 Å². The standard InChI is InChI=1S/C17H25NO2S/c1-14(11-18-12-15-7-9-21-10-8-15)17(19)20-13-16-5-3-2-4-6-16/h2-6,14-15,18H,7-13H2,1H3. The molecule has 4 heteroatoms. The third-order valence-corrected chi connectivity index (χ3v) is 4.90. The maximum absolute atomic E-state index is 11.9. The van der Waals surface area contributed by atoms with Crippen LogP contribution in [0.4, 0.5) is 0 Å². The fraction of sp³-hybridized carbons (Fsp3) is 0.588. The summed E-state index contributed by atoms with van der Waals surface area (Å²) in [5, 5.41) is 3.42. The second-order valence-corrected chi connectivity index (χ2v) is 6.93. The summed E-state index contributed by atoms with van der Waals surface area (Å²) in [6.45, 7) is 4.02. The molecule has 1 heterocycles. The van der Waals surface area contributed by atoms with Crippen LogP contribution in [0.2, 0.25) is 0 Å². The molecule has 0 radical (unpaired) electrons. The summed E-state index contributed by atoms with van der Waals surface area (Å²) in [6, 6.07) is 9.81. The second-order valence-electron chi connectivity index (χ2n) is 5.71. The number of hydrogen-bond acceptors (Lipinski definition) is 4. The zero-order valence-corrected chi connectivity index (χ0v) is 13.5. The number of carbonyl (C=O) groups excluding carboxylic acids is 1. The van der Waals surface area contributed by atoms with Crippen molar-refractivity contribution >= 4 is 17.7 Å². The van der Waals surface area contributed by atoms with E-state index >= 15 is 0 Å². The lowest BCUT2D eigenvalue weighted by Gasteiger charge is -2.22. The van der Waals surface area contributed by atoms with Gasteiger partial charge < -0.3 is 10.1 Å². The van der Waals surface area contributed by atoms with Crippen molar-refractivity contribution in [3.05, 3.63) is 35.9 Å². The number of benzene rings is 1. The summed E-state index contributed by atoms with van der Waals surface area (Å²) in [7, 11) is 0. The van der Waals surface area contributed by atoms with Gasteiger partial charge in [0.05, 0.1) is 5.92 Å². The van der Waals surface area contributed by atoms with E-state index in [4.69, 9.17) is 4.74 Å². The summed E-state index contributed by atoms with van der Waals surface area (Å²) in [4.78, 5) is 11.9. The van der Waals surface area contributed by atoms with Crippen molar-refractivity contribution < 1.29 is 9.53 Å². The minimum atomic E-state index is -0.120. The molecule has 21 heavy (non-hydrogen) atoms. The highest BCUT2D eigenvalue weighted by atomic mass is 32.2. The van der Waals surface area contributed by atoms with Crippen molar-refractivity contribution in [2.24, 2.45) is 11.8 Å². The van der Waals surface area contributed by atoms with E-state index in [-0.39, 0.29) is 11.9 Å². The van der Waals surface area contributed by atoms with Gasteiger partial charge in [-0.15, -0.1) is 0 Å². The molecule has 0 bridgehead atoms. The quantitative estimate of drug-likeness (QED) is 0.786. The van der Waals surface area contributed by atoms with Gasteiger partial charge in [-0.05, 0) is 42.4 Å². The topological polar surface area (TPSA) is 38.3 Å². The average molecular weight is 307 g/mol. The Morgan fingerprint density at radius 3 is 2.76 bits per heavy atom. The van der Waals surface area contributed by atoms with Gasteiger partial charge in [-0.25, -0.2) is 0 Å². The molecule has 2 rings (SSSR count). The minimum absolute atomic E-state index is 0.0910. The van der Waals surface area contributed by atoms with Gasteiger partial charge in [0.1, 0.15) is 6.61 Å². The second kappa shape index (κ2) is 9.11. The normalized spacial score (nSPS) is 17.4. The van der Waals surface area contributed by atoms with Crippen LogP contribution < -0.4 is 5.32 Å². The van der Waals surface area contributed by atoms with Gasteiger partial charge in [-0.2, -0.15) is 11.8 Å². The zero-order valence-electron chi connectivity index (χ0n) is 12.7. The molecular formula is C17H25NO2S. The Morgan fingerprint density at radius 2 is 2.05 bits per heavy atom. The lowest BCUT2D eigenvalue weighted by atomic mass is 10.0. The number of ether oxygens (including phenoxy) is 1. The molecule has 116 valence electrons. The van der Waals surface area contributed by atoms with Crippen molar-refractivity contribution in [3.63, 3.8) is 0 Å². The Balaban J connectivity index is 1.60. The molecule has 1 aliphatic rings. The smallest absolute Gasteiger partial charge is 0.310 e. The Hall–Kier alpha value is -1.00. The van der Waals surface area contributed by atoms with Crippen LogP contribution in [0.3, 0.4) is 0 Å². The van der Waals surface area contributed by atoms with E-state index in [2.05, 4.69) is 5.32 Å². The van der Waals surface area contributed by atoms with Crippen molar-refractivity contribution in [1.29, 1.82) is 0 Å². The Kier molecular flexibility index (Phi) is 7.10. The first-order valence-corrected chi connectivity index (χ1v) is 8.90. The van der Waals surface area contributed by atoms with Crippen molar-refractivity contribution in [1.82, 2.24) is 5.32 Å². The summed E-state index contributed by atoms with van der Waals surface area (Å²) in [5.74, 6) is 3.12. The molecule has 1 N–H and O–H groups in total. The van der Waals surface area contributed by atoms with Gasteiger partial charge in [0.2, 0.25) is 0 Å². The molecule has 1 saturated heterocycles. The van der Waals surface area contributed by atoms with E-state index in [0.717, 1.165) is 18.0 Å². The zero-order chi connectivity index (χ0) is 14.9. The average Bonchev–Trinajstić information content (AvgIpc) is 2.54.